The Bertz CT molecular complexity index is 1430. The van der Waals surface area contributed by atoms with E-state index in [1.807, 2.05) is 24.3 Å². The number of aromatic amines is 1. The minimum atomic E-state index is -0.951. The molecule has 1 fully saturated rings. The maximum absolute atomic E-state index is 13.8. The molecule has 3 atom stereocenters. The molecule has 13 nitrogen and oxygen atoms in total. The largest absolute Gasteiger partial charge is 0.361 e. The number of benzene rings is 1. The molecule has 13 heteroatoms. The SMILES string of the molecule is C/C=C(/C(=O)NC)N(C)C(=O)CNC(=O)C1CCCN1C(=O)C(NC(=O)C(Cc1c[nH]c2ccccc12)NC(C)=O)C(C)C. The first-order valence-electron chi connectivity index (χ1n) is 14.7. The summed E-state index contributed by atoms with van der Waals surface area (Å²) in [6.45, 7) is 6.49. The molecule has 1 aliphatic heterocycles. The minimum absolute atomic E-state index is 0.141. The Morgan fingerprint density at radius 3 is 2.45 bits per heavy atom. The number of hydrogen-bond acceptors (Lipinski definition) is 6. The second-order valence-corrected chi connectivity index (χ2v) is 11.2. The van der Waals surface area contributed by atoms with Crippen LogP contribution in [0.1, 0.15) is 46.1 Å². The van der Waals surface area contributed by atoms with E-state index in [1.165, 1.54) is 32.0 Å². The lowest BCUT2D eigenvalue weighted by molar-refractivity contribution is -0.143. The predicted molar refractivity (Wildman–Crippen MR) is 165 cm³/mol. The number of likely N-dealkylation sites (tertiary alicyclic amines) is 1. The molecular weight excluding hydrogens is 566 g/mol. The number of hydrogen-bond donors (Lipinski definition) is 5. The van der Waals surface area contributed by atoms with Crippen molar-refractivity contribution in [3.63, 3.8) is 0 Å². The van der Waals surface area contributed by atoms with Gasteiger partial charge in [0.15, 0.2) is 0 Å². The Labute approximate surface area is 257 Å². The van der Waals surface area contributed by atoms with Crippen molar-refractivity contribution in [2.45, 2.75) is 65.1 Å². The number of aromatic nitrogens is 1. The minimum Gasteiger partial charge on any atom is -0.361 e. The van der Waals surface area contributed by atoms with Crippen molar-refractivity contribution in [2.24, 2.45) is 5.92 Å². The van der Waals surface area contributed by atoms with Gasteiger partial charge in [-0.1, -0.05) is 38.1 Å². The van der Waals surface area contributed by atoms with Gasteiger partial charge in [-0.2, -0.15) is 0 Å². The highest BCUT2D eigenvalue weighted by molar-refractivity contribution is 5.99. The molecule has 2 heterocycles. The molecule has 0 aliphatic carbocycles. The molecule has 3 rings (SSSR count). The molecule has 0 saturated carbocycles. The van der Waals surface area contributed by atoms with Crippen LogP contribution in [0, 0.1) is 5.92 Å². The number of amides is 6. The molecule has 6 amide bonds. The molecule has 0 radical (unpaired) electrons. The number of carbonyl (C=O) groups is 6. The van der Waals surface area contributed by atoms with E-state index in [2.05, 4.69) is 26.3 Å². The monoisotopic (exact) mass is 609 g/mol. The summed E-state index contributed by atoms with van der Waals surface area (Å²) in [4.78, 5) is 82.9. The lowest BCUT2D eigenvalue weighted by Crippen LogP contribution is -2.58. The van der Waals surface area contributed by atoms with Gasteiger partial charge in [0, 0.05) is 51.1 Å². The molecule has 0 bridgehead atoms. The summed E-state index contributed by atoms with van der Waals surface area (Å²) in [7, 11) is 2.89. The van der Waals surface area contributed by atoms with Gasteiger partial charge in [0.1, 0.15) is 23.8 Å². The molecule has 1 aliphatic rings. The van der Waals surface area contributed by atoms with Gasteiger partial charge >= 0.3 is 0 Å². The van der Waals surface area contributed by atoms with Crippen molar-refractivity contribution < 1.29 is 28.8 Å². The topological polar surface area (TPSA) is 173 Å². The Morgan fingerprint density at radius 1 is 1.11 bits per heavy atom. The highest BCUT2D eigenvalue weighted by Crippen LogP contribution is 2.22. The molecule has 1 aromatic carbocycles. The second-order valence-electron chi connectivity index (χ2n) is 11.2. The van der Waals surface area contributed by atoms with E-state index in [0.29, 0.717) is 19.4 Å². The fourth-order valence-electron chi connectivity index (χ4n) is 5.36. The normalized spacial score (nSPS) is 16.3. The van der Waals surface area contributed by atoms with Crippen LogP contribution in [0.5, 0.6) is 0 Å². The summed E-state index contributed by atoms with van der Waals surface area (Å²) in [6.07, 6.45) is 4.47. The number of nitrogens with one attached hydrogen (secondary N) is 5. The molecule has 1 saturated heterocycles. The first-order valence-corrected chi connectivity index (χ1v) is 14.7. The van der Waals surface area contributed by atoms with E-state index < -0.39 is 47.7 Å². The number of H-pyrrole nitrogens is 1. The Hall–Kier alpha value is -4.68. The molecule has 44 heavy (non-hydrogen) atoms. The van der Waals surface area contributed by atoms with Crippen LogP contribution in [-0.2, 0) is 35.2 Å². The van der Waals surface area contributed by atoms with Crippen LogP contribution in [0.2, 0.25) is 0 Å². The Balaban J connectivity index is 1.69. The zero-order valence-electron chi connectivity index (χ0n) is 26.2. The van der Waals surface area contributed by atoms with E-state index in [4.69, 9.17) is 0 Å². The van der Waals surface area contributed by atoms with E-state index >= 15 is 0 Å². The van der Waals surface area contributed by atoms with Crippen LogP contribution in [0.15, 0.2) is 42.2 Å². The van der Waals surface area contributed by atoms with E-state index in [-0.39, 0.29) is 30.5 Å². The van der Waals surface area contributed by atoms with Crippen LogP contribution in [-0.4, -0.2) is 95.5 Å². The van der Waals surface area contributed by atoms with Crippen molar-refractivity contribution in [1.82, 2.24) is 36.1 Å². The average Bonchev–Trinajstić information content (AvgIpc) is 3.65. The summed E-state index contributed by atoms with van der Waals surface area (Å²) >= 11 is 0. The van der Waals surface area contributed by atoms with Crippen LogP contribution < -0.4 is 21.3 Å². The fraction of sp³-hybridized carbons (Fsp3) is 0.484. The Morgan fingerprint density at radius 2 is 1.82 bits per heavy atom. The average molecular weight is 610 g/mol. The van der Waals surface area contributed by atoms with Gasteiger partial charge in [-0.3, -0.25) is 28.8 Å². The molecule has 2 aromatic rings. The highest BCUT2D eigenvalue weighted by Gasteiger charge is 2.39. The Kier molecular flexibility index (Phi) is 11.7. The van der Waals surface area contributed by atoms with Crippen molar-refractivity contribution in [3.8, 4) is 0 Å². The van der Waals surface area contributed by atoms with Crippen LogP contribution in [0.4, 0.5) is 0 Å². The second kappa shape index (κ2) is 15.2. The van der Waals surface area contributed by atoms with Gasteiger partial charge in [0.05, 0.1) is 6.54 Å². The molecular formula is C31H43N7O6. The van der Waals surface area contributed by atoms with E-state index in [9.17, 15) is 28.8 Å². The van der Waals surface area contributed by atoms with Crippen molar-refractivity contribution in [3.05, 3.63) is 47.8 Å². The lowest BCUT2D eigenvalue weighted by Gasteiger charge is -2.31. The first-order chi connectivity index (χ1) is 20.9. The van der Waals surface area contributed by atoms with Gasteiger partial charge in [-0.25, -0.2) is 0 Å². The zero-order chi connectivity index (χ0) is 32.6. The molecule has 0 spiro atoms. The summed E-state index contributed by atoms with van der Waals surface area (Å²) < 4.78 is 0. The molecule has 238 valence electrons. The lowest BCUT2D eigenvalue weighted by atomic mass is 9.99. The molecule has 1 aromatic heterocycles. The van der Waals surface area contributed by atoms with E-state index in [0.717, 1.165) is 21.4 Å². The van der Waals surface area contributed by atoms with Crippen molar-refractivity contribution in [2.75, 3.05) is 27.2 Å². The summed E-state index contributed by atoms with van der Waals surface area (Å²) in [6, 6.07) is 4.93. The maximum Gasteiger partial charge on any atom is 0.267 e. The smallest absolute Gasteiger partial charge is 0.267 e. The van der Waals surface area contributed by atoms with Gasteiger partial charge in [-0.15, -0.1) is 0 Å². The van der Waals surface area contributed by atoms with Crippen LogP contribution >= 0.6 is 0 Å². The van der Waals surface area contributed by atoms with Gasteiger partial charge in [0.2, 0.25) is 29.5 Å². The fourth-order valence-corrected chi connectivity index (χ4v) is 5.36. The standard InChI is InChI=1S/C31H43N7O6/c1-7-24(29(42)32-5)37(6)26(40)17-34-30(43)25-13-10-14-38(25)31(44)27(18(2)3)36-28(41)23(35-19(4)39)15-20-16-33-22-12-9-8-11-21(20)22/h7-9,11-12,16,18,23,25,27,33H,10,13-15,17H2,1-6H3,(H,32,42)(H,34,43)(H,35,39)(H,36,41)/b24-7-. The number of rotatable bonds is 12. The third kappa shape index (κ3) is 8.03. The predicted octanol–water partition coefficient (Wildman–Crippen LogP) is 0.571. The van der Waals surface area contributed by atoms with Gasteiger partial charge in [-0.05, 0) is 37.3 Å². The zero-order valence-corrected chi connectivity index (χ0v) is 26.2. The number of para-hydroxylation sites is 1. The van der Waals surface area contributed by atoms with Crippen LogP contribution in [0.25, 0.3) is 10.9 Å². The first kappa shape index (κ1) is 33.8. The third-order valence-electron chi connectivity index (χ3n) is 7.74. The number of nitrogens with zero attached hydrogens (tertiary/aromatic N) is 2. The molecule has 5 N–H and O–H groups in total. The van der Waals surface area contributed by atoms with Gasteiger partial charge in [0.25, 0.3) is 5.91 Å². The van der Waals surface area contributed by atoms with Crippen molar-refractivity contribution >= 4 is 46.3 Å². The molecule has 3 unspecified atom stereocenters. The summed E-state index contributed by atoms with van der Waals surface area (Å²) in [5.74, 6) is -3.07. The van der Waals surface area contributed by atoms with Crippen LogP contribution in [0.3, 0.4) is 0 Å². The van der Waals surface area contributed by atoms with Crippen molar-refractivity contribution in [1.29, 1.82) is 0 Å². The number of allylic oxidation sites excluding steroid dienone is 1. The quantitative estimate of drug-likeness (QED) is 0.220. The van der Waals surface area contributed by atoms with Gasteiger partial charge < -0.3 is 36.1 Å². The third-order valence-corrected chi connectivity index (χ3v) is 7.74. The number of carbonyl (C=O) groups excluding carboxylic acids is 6. The summed E-state index contributed by atoms with van der Waals surface area (Å²) in [5.41, 5.74) is 1.89. The summed E-state index contributed by atoms with van der Waals surface area (Å²) in [5, 5.41) is 11.5. The highest BCUT2D eigenvalue weighted by atomic mass is 16.2. The maximum atomic E-state index is 13.8. The number of fused-ring (bicyclic) bond motifs is 1. The number of likely N-dealkylation sites (N-methyl/N-ethyl adjacent to an activating group) is 2. The van der Waals surface area contributed by atoms with E-state index in [1.54, 1.807) is 27.0 Å².